The van der Waals surface area contributed by atoms with Gasteiger partial charge in [-0.05, 0) is 38.0 Å². The van der Waals surface area contributed by atoms with Crippen molar-refractivity contribution < 1.29 is 9.53 Å². The van der Waals surface area contributed by atoms with Crippen molar-refractivity contribution in [3.05, 3.63) is 30.1 Å². The number of carbonyl (C=O) groups is 1. The zero-order valence-electron chi connectivity index (χ0n) is 20.9. The number of carbonyl (C=O) groups excluding carboxylic acids is 1. The van der Waals surface area contributed by atoms with Crippen LogP contribution in [-0.2, 0) is 9.53 Å². The predicted octanol–water partition coefficient (Wildman–Crippen LogP) is 2.09. The number of piperazine rings is 2. The van der Waals surface area contributed by atoms with E-state index >= 15 is 0 Å². The number of anilines is 3. The van der Waals surface area contributed by atoms with Crippen LogP contribution in [0.25, 0.3) is 11.1 Å². The van der Waals surface area contributed by atoms with E-state index in [1.54, 1.807) is 7.11 Å². The summed E-state index contributed by atoms with van der Waals surface area (Å²) in [5.74, 6) is 2.49. The Hall–Kier alpha value is -2.91. The molecule has 0 aromatic carbocycles. The van der Waals surface area contributed by atoms with Gasteiger partial charge in [0.15, 0.2) is 5.82 Å². The van der Waals surface area contributed by atoms with Crippen LogP contribution in [0.15, 0.2) is 24.4 Å². The summed E-state index contributed by atoms with van der Waals surface area (Å²) in [5, 5.41) is 3.39. The lowest BCUT2D eigenvalue weighted by Crippen LogP contribution is -2.54. The summed E-state index contributed by atoms with van der Waals surface area (Å²) in [6, 6.07) is 6.44. The summed E-state index contributed by atoms with van der Waals surface area (Å²) in [6.45, 7) is 8.61. The number of pyridine rings is 2. The summed E-state index contributed by atoms with van der Waals surface area (Å²) in [6.07, 6.45) is 4.71. The van der Waals surface area contributed by atoms with Crippen LogP contribution in [0.4, 0.5) is 17.3 Å². The van der Waals surface area contributed by atoms with Crippen LogP contribution in [-0.4, -0.2) is 86.3 Å². The fourth-order valence-corrected chi connectivity index (χ4v) is 5.17. The van der Waals surface area contributed by atoms with E-state index in [9.17, 15) is 4.79 Å². The van der Waals surface area contributed by atoms with E-state index in [2.05, 4.69) is 40.2 Å². The van der Waals surface area contributed by atoms with Crippen molar-refractivity contribution >= 4 is 23.2 Å². The molecule has 9 nitrogen and oxygen atoms in total. The Labute approximate surface area is 207 Å². The van der Waals surface area contributed by atoms with Gasteiger partial charge in [-0.15, -0.1) is 0 Å². The van der Waals surface area contributed by atoms with Crippen molar-refractivity contribution in [2.75, 3.05) is 75.1 Å². The van der Waals surface area contributed by atoms with Crippen molar-refractivity contribution in [3.8, 4) is 11.1 Å². The third kappa shape index (κ3) is 5.21. The maximum absolute atomic E-state index is 12.5. The first kappa shape index (κ1) is 23.8. The van der Waals surface area contributed by atoms with Crippen molar-refractivity contribution in [2.24, 2.45) is 0 Å². The summed E-state index contributed by atoms with van der Waals surface area (Å²) < 4.78 is 5.08. The molecule has 2 saturated heterocycles. The number of nitrogen functional groups attached to an aromatic ring is 1. The topological polar surface area (TPSA) is 99.9 Å². The van der Waals surface area contributed by atoms with E-state index in [-0.39, 0.29) is 11.9 Å². The average Bonchev–Trinajstić information content (AvgIpc) is 3.73. The van der Waals surface area contributed by atoms with Crippen molar-refractivity contribution in [1.82, 2.24) is 20.2 Å². The second-order valence-electron chi connectivity index (χ2n) is 9.88. The second kappa shape index (κ2) is 10.4. The number of hydrogen-bond acceptors (Lipinski definition) is 8. The Morgan fingerprint density at radius 2 is 1.97 bits per heavy atom. The van der Waals surface area contributed by atoms with Gasteiger partial charge in [0.05, 0.1) is 24.4 Å². The highest BCUT2D eigenvalue weighted by Crippen LogP contribution is 2.45. The Balaban J connectivity index is 1.35. The maximum atomic E-state index is 12.5. The second-order valence-corrected chi connectivity index (χ2v) is 9.88. The van der Waals surface area contributed by atoms with Gasteiger partial charge in [0.1, 0.15) is 5.82 Å². The molecular weight excluding hydrogens is 442 g/mol. The van der Waals surface area contributed by atoms with Crippen LogP contribution in [0, 0.1) is 0 Å². The van der Waals surface area contributed by atoms with Gasteiger partial charge < -0.3 is 30.5 Å². The molecule has 0 radical (unpaired) electrons. The maximum Gasteiger partial charge on any atom is 0.225 e. The van der Waals surface area contributed by atoms with E-state index in [1.807, 2.05) is 11.1 Å². The molecule has 0 unspecified atom stereocenters. The van der Waals surface area contributed by atoms with Gasteiger partial charge in [0.2, 0.25) is 5.91 Å². The highest BCUT2D eigenvalue weighted by atomic mass is 16.5. The van der Waals surface area contributed by atoms with Crippen molar-refractivity contribution in [1.29, 1.82) is 0 Å². The fourth-order valence-electron chi connectivity index (χ4n) is 5.17. The first-order valence-electron chi connectivity index (χ1n) is 12.8. The summed E-state index contributed by atoms with van der Waals surface area (Å²) >= 11 is 0. The summed E-state index contributed by atoms with van der Waals surface area (Å²) in [7, 11) is 1.63. The van der Waals surface area contributed by atoms with Crippen LogP contribution in [0.2, 0.25) is 0 Å². The van der Waals surface area contributed by atoms with Gasteiger partial charge in [-0.1, -0.05) is 0 Å². The highest BCUT2D eigenvalue weighted by Gasteiger charge is 2.32. The van der Waals surface area contributed by atoms with Crippen molar-refractivity contribution in [2.45, 2.75) is 38.1 Å². The molecule has 2 aliphatic heterocycles. The molecule has 3 N–H and O–H groups in total. The summed E-state index contributed by atoms with van der Waals surface area (Å²) in [5.41, 5.74) is 10.6. The number of ether oxygens (including phenoxy) is 1. The lowest BCUT2D eigenvalue weighted by Gasteiger charge is -2.41. The molecule has 4 heterocycles. The quantitative estimate of drug-likeness (QED) is 0.623. The third-order valence-electron chi connectivity index (χ3n) is 7.29. The first-order valence-corrected chi connectivity index (χ1v) is 12.8. The molecule has 35 heavy (non-hydrogen) atoms. The average molecular weight is 480 g/mol. The molecule has 0 spiro atoms. The number of hydrogen-bond donors (Lipinski definition) is 2. The molecule has 5 rings (SSSR count). The van der Waals surface area contributed by atoms with Crippen LogP contribution in [0.3, 0.4) is 0 Å². The van der Waals surface area contributed by atoms with Gasteiger partial charge in [0, 0.05) is 82.2 Å². The van der Waals surface area contributed by atoms with Gasteiger partial charge in [0.25, 0.3) is 0 Å². The molecule has 1 amide bonds. The minimum atomic E-state index is 0.0973. The lowest BCUT2D eigenvalue weighted by molar-refractivity contribution is -0.134. The van der Waals surface area contributed by atoms with Crippen LogP contribution < -0.4 is 20.9 Å². The number of nitrogens with two attached hydrogens (primary N) is 1. The molecule has 0 bridgehead atoms. The minimum Gasteiger partial charge on any atom is -0.396 e. The van der Waals surface area contributed by atoms with Gasteiger partial charge in [-0.25, -0.2) is 9.97 Å². The van der Waals surface area contributed by atoms with Crippen LogP contribution in [0.1, 0.15) is 37.8 Å². The molecule has 1 atom stereocenters. The van der Waals surface area contributed by atoms with E-state index in [0.717, 1.165) is 80.6 Å². The lowest BCUT2D eigenvalue weighted by atomic mass is 10.0. The Kier molecular flexibility index (Phi) is 7.06. The van der Waals surface area contributed by atoms with E-state index in [4.69, 9.17) is 20.4 Å². The highest BCUT2D eigenvalue weighted by molar-refractivity contribution is 5.78. The Morgan fingerprint density at radius 1 is 1.17 bits per heavy atom. The molecule has 1 aliphatic carbocycles. The number of methoxy groups -OCH3 is 1. The molecule has 9 heteroatoms. The molecule has 2 aromatic heterocycles. The van der Waals surface area contributed by atoms with Crippen LogP contribution in [0.5, 0.6) is 0 Å². The van der Waals surface area contributed by atoms with Gasteiger partial charge in [-0.2, -0.15) is 0 Å². The van der Waals surface area contributed by atoms with E-state index < -0.39 is 0 Å². The molecule has 1 saturated carbocycles. The van der Waals surface area contributed by atoms with E-state index in [0.29, 0.717) is 31.2 Å². The zero-order chi connectivity index (χ0) is 24.4. The zero-order valence-corrected chi connectivity index (χ0v) is 20.9. The summed E-state index contributed by atoms with van der Waals surface area (Å²) in [4.78, 5) is 28.9. The molecule has 2 aromatic rings. The standard InChI is InChI=1S/C26H37N7O2/c1-18-17-32(12-13-33(18)24(34)7-14-35-2)26-22(27)15-21(25(30-26)19-3-4-19)20-5-6-23(29-16-20)31-10-8-28-9-11-31/h5-6,15-16,18-19,28H,3-4,7-14,17,27H2,1-2H3/t18-/m1/s1. The smallest absolute Gasteiger partial charge is 0.225 e. The SMILES string of the molecule is COCCC(=O)N1CCN(c2nc(C3CC3)c(-c3ccc(N4CCNCC4)nc3)cc2N)C[C@H]1C. The molecular formula is C26H37N7O2. The predicted molar refractivity (Wildman–Crippen MR) is 139 cm³/mol. The normalized spacial score (nSPS) is 20.9. The monoisotopic (exact) mass is 479 g/mol. The van der Waals surface area contributed by atoms with Gasteiger partial charge in [-0.3, -0.25) is 4.79 Å². The molecule has 3 aliphatic rings. The molecule has 3 fully saturated rings. The third-order valence-corrected chi connectivity index (χ3v) is 7.29. The molecule has 188 valence electrons. The van der Waals surface area contributed by atoms with E-state index in [1.165, 1.54) is 0 Å². The number of nitrogens with zero attached hydrogens (tertiary/aromatic N) is 5. The number of rotatable bonds is 7. The first-order chi connectivity index (χ1) is 17.0. The van der Waals surface area contributed by atoms with Gasteiger partial charge >= 0.3 is 0 Å². The minimum absolute atomic E-state index is 0.0973. The number of nitrogens with one attached hydrogen (secondary N) is 1. The van der Waals surface area contributed by atoms with Crippen LogP contribution >= 0.6 is 0 Å². The Bertz CT molecular complexity index is 1030. The Morgan fingerprint density at radius 3 is 2.63 bits per heavy atom. The fraction of sp³-hybridized carbons (Fsp3) is 0.577. The number of amides is 1. The largest absolute Gasteiger partial charge is 0.396 e. The van der Waals surface area contributed by atoms with Crippen molar-refractivity contribution in [3.63, 3.8) is 0 Å². The number of aromatic nitrogens is 2.